The second kappa shape index (κ2) is 7.61. The Morgan fingerprint density at radius 2 is 1.70 bits per heavy atom. The van der Waals surface area contributed by atoms with Crippen molar-refractivity contribution in [3.05, 3.63) is 104 Å². The van der Waals surface area contributed by atoms with Crippen molar-refractivity contribution in [1.29, 1.82) is 0 Å². The molecule has 0 fully saturated rings. The highest BCUT2D eigenvalue weighted by molar-refractivity contribution is 7.15. The first-order valence-corrected chi connectivity index (χ1v) is 11.3. The van der Waals surface area contributed by atoms with Crippen LogP contribution in [0, 0.1) is 0 Å². The molecule has 1 amide bonds. The average molecular weight is 472 g/mol. The Bertz CT molecular complexity index is 1660. The fourth-order valence-electron chi connectivity index (χ4n) is 3.96. The first-order valence-electron chi connectivity index (χ1n) is 10.1. The van der Waals surface area contributed by atoms with E-state index in [0.29, 0.717) is 38.0 Å². The van der Waals surface area contributed by atoms with Crippen molar-refractivity contribution in [2.45, 2.75) is 6.54 Å². The minimum Gasteiger partial charge on any atom is -0.303 e. The molecular formula is C24H14ClN5O2S. The van der Waals surface area contributed by atoms with E-state index < -0.39 is 0 Å². The van der Waals surface area contributed by atoms with Crippen LogP contribution in [0.4, 0.5) is 5.69 Å². The molecule has 0 unspecified atom stereocenters. The van der Waals surface area contributed by atoms with Gasteiger partial charge in [0.25, 0.3) is 11.5 Å². The number of benzene rings is 2. The van der Waals surface area contributed by atoms with Crippen molar-refractivity contribution in [1.82, 2.24) is 19.6 Å². The standard InChI is InChI=1S/C24H14ClN5O2S/c25-17-7-3-1-5-15(17)13-29-18-8-4-2-6-16(18)19(22(29)31)20-23(32)30-24(33-20)27-21(28-30)14-9-11-26-12-10-14/h1-12H,13H2/b20-19-. The number of para-hydroxylation sites is 1. The molecule has 1 aliphatic heterocycles. The Labute approximate surface area is 196 Å². The Balaban J connectivity index is 1.51. The Kier molecular flexibility index (Phi) is 4.56. The summed E-state index contributed by atoms with van der Waals surface area (Å²) in [7, 11) is 0. The predicted molar refractivity (Wildman–Crippen MR) is 127 cm³/mol. The molecule has 33 heavy (non-hydrogen) atoms. The zero-order valence-electron chi connectivity index (χ0n) is 17.0. The van der Waals surface area contributed by atoms with Crippen LogP contribution in [0.25, 0.3) is 21.9 Å². The Morgan fingerprint density at radius 3 is 2.48 bits per heavy atom. The van der Waals surface area contributed by atoms with Crippen LogP contribution in [0.15, 0.2) is 77.9 Å². The quantitative estimate of drug-likeness (QED) is 0.403. The number of rotatable bonds is 3. The zero-order chi connectivity index (χ0) is 22.5. The monoisotopic (exact) mass is 471 g/mol. The maximum Gasteiger partial charge on any atom is 0.291 e. The van der Waals surface area contributed by atoms with Crippen LogP contribution in [-0.4, -0.2) is 25.5 Å². The number of nitrogens with zero attached hydrogens (tertiary/aromatic N) is 5. The summed E-state index contributed by atoms with van der Waals surface area (Å²) in [6, 6.07) is 18.4. The summed E-state index contributed by atoms with van der Waals surface area (Å²) in [6.07, 6.45) is 3.29. The van der Waals surface area contributed by atoms with Crippen molar-refractivity contribution >= 4 is 45.1 Å². The number of pyridine rings is 1. The highest BCUT2D eigenvalue weighted by atomic mass is 35.5. The lowest BCUT2D eigenvalue weighted by Crippen LogP contribution is -2.32. The van der Waals surface area contributed by atoms with E-state index in [9.17, 15) is 9.59 Å². The minimum absolute atomic E-state index is 0.243. The summed E-state index contributed by atoms with van der Waals surface area (Å²) in [5.74, 6) is 0.197. The summed E-state index contributed by atoms with van der Waals surface area (Å²) < 4.78 is 1.58. The van der Waals surface area contributed by atoms with Gasteiger partial charge in [0, 0.05) is 28.5 Å². The van der Waals surface area contributed by atoms with Gasteiger partial charge in [-0.15, -0.1) is 5.10 Å². The molecule has 7 nitrogen and oxygen atoms in total. The van der Waals surface area contributed by atoms with E-state index in [1.807, 2.05) is 42.5 Å². The normalized spacial score (nSPS) is 14.8. The van der Waals surface area contributed by atoms with E-state index in [-0.39, 0.29) is 11.5 Å². The smallest absolute Gasteiger partial charge is 0.291 e. The van der Waals surface area contributed by atoms with E-state index in [1.54, 1.807) is 35.5 Å². The summed E-state index contributed by atoms with van der Waals surface area (Å²) in [5, 5.41) is 4.96. The molecule has 3 aromatic heterocycles. The SMILES string of the molecule is O=C1/C(=c2\sc3nc(-c4ccncc4)nn3c2=O)c2ccccc2N1Cc1ccccc1Cl. The molecular weight excluding hydrogens is 458 g/mol. The van der Waals surface area contributed by atoms with E-state index in [1.165, 1.54) is 15.9 Å². The number of hydrogen-bond donors (Lipinski definition) is 0. The maximum atomic E-state index is 13.6. The number of hydrogen-bond acceptors (Lipinski definition) is 6. The topological polar surface area (TPSA) is 80.5 Å². The van der Waals surface area contributed by atoms with Crippen molar-refractivity contribution < 1.29 is 4.79 Å². The maximum absolute atomic E-state index is 13.6. The molecule has 0 spiro atoms. The molecule has 6 rings (SSSR count). The van der Waals surface area contributed by atoms with Gasteiger partial charge in [-0.25, -0.2) is 0 Å². The van der Waals surface area contributed by atoms with E-state index in [0.717, 1.165) is 16.8 Å². The largest absolute Gasteiger partial charge is 0.303 e. The molecule has 0 N–H and O–H groups in total. The summed E-state index contributed by atoms with van der Waals surface area (Å²) >= 11 is 7.51. The van der Waals surface area contributed by atoms with Crippen LogP contribution in [0.2, 0.25) is 5.02 Å². The van der Waals surface area contributed by atoms with Gasteiger partial charge in [-0.2, -0.15) is 9.50 Å². The van der Waals surface area contributed by atoms with Gasteiger partial charge in [0.2, 0.25) is 4.96 Å². The second-order valence-electron chi connectivity index (χ2n) is 7.48. The zero-order valence-corrected chi connectivity index (χ0v) is 18.5. The molecule has 0 saturated heterocycles. The third-order valence-electron chi connectivity index (χ3n) is 5.53. The first kappa shape index (κ1) is 19.8. The van der Waals surface area contributed by atoms with Crippen molar-refractivity contribution in [2.24, 2.45) is 0 Å². The number of anilines is 1. The van der Waals surface area contributed by atoms with Crippen molar-refractivity contribution in [2.75, 3.05) is 4.90 Å². The number of thiazole rings is 1. The lowest BCUT2D eigenvalue weighted by Gasteiger charge is -2.17. The molecule has 160 valence electrons. The van der Waals surface area contributed by atoms with Gasteiger partial charge in [-0.1, -0.05) is 59.3 Å². The van der Waals surface area contributed by atoms with Gasteiger partial charge in [-0.05, 0) is 29.8 Å². The van der Waals surface area contributed by atoms with Crippen LogP contribution >= 0.6 is 22.9 Å². The average Bonchev–Trinajstić information content (AvgIpc) is 3.47. The molecule has 0 saturated carbocycles. The molecule has 4 heterocycles. The van der Waals surface area contributed by atoms with Crippen molar-refractivity contribution in [3.63, 3.8) is 0 Å². The molecule has 0 bridgehead atoms. The third kappa shape index (κ3) is 3.14. The van der Waals surface area contributed by atoms with Gasteiger partial charge >= 0.3 is 0 Å². The number of carbonyl (C=O) groups excluding carboxylic acids is 1. The number of amides is 1. The van der Waals surface area contributed by atoms with Gasteiger partial charge in [0.1, 0.15) is 4.53 Å². The highest BCUT2D eigenvalue weighted by Gasteiger charge is 2.34. The molecule has 0 atom stereocenters. The molecule has 9 heteroatoms. The van der Waals surface area contributed by atoms with Gasteiger partial charge < -0.3 is 4.90 Å². The number of fused-ring (bicyclic) bond motifs is 2. The lowest BCUT2D eigenvalue weighted by molar-refractivity contribution is -0.113. The van der Waals surface area contributed by atoms with Crippen LogP contribution < -0.4 is 15.0 Å². The molecule has 5 aromatic rings. The van der Waals surface area contributed by atoms with E-state index in [2.05, 4.69) is 15.1 Å². The summed E-state index contributed by atoms with van der Waals surface area (Å²) in [4.78, 5) is 37.4. The summed E-state index contributed by atoms with van der Waals surface area (Å²) in [5.41, 5.74) is 3.06. The van der Waals surface area contributed by atoms with Crippen molar-refractivity contribution in [3.8, 4) is 11.4 Å². The molecule has 1 aliphatic rings. The van der Waals surface area contributed by atoms with Gasteiger partial charge in [-0.3, -0.25) is 14.6 Å². The van der Waals surface area contributed by atoms with Crippen LogP contribution in [-0.2, 0) is 11.3 Å². The summed E-state index contributed by atoms with van der Waals surface area (Å²) in [6.45, 7) is 0.306. The van der Waals surface area contributed by atoms with Gasteiger partial charge in [0.15, 0.2) is 5.82 Å². The molecule has 0 radical (unpaired) electrons. The fourth-order valence-corrected chi connectivity index (χ4v) is 5.16. The second-order valence-corrected chi connectivity index (χ2v) is 8.86. The van der Waals surface area contributed by atoms with E-state index >= 15 is 0 Å². The minimum atomic E-state index is -0.361. The highest BCUT2D eigenvalue weighted by Crippen LogP contribution is 2.37. The Hall–Kier alpha value is -3.88. The molecule has 2 aromatic carbocycles. The lowest BCUT2D eigenvalue weighted by atomic mass is 10.1. The number of halogens is 1. The fraction of sp³-hybridized carbons (Fsp3) is 0.0417. The van der Waals surface area contributed by atoms with Gasteiger partial charge in [0.05, 0.1) is 17.8 Å². The number of aromatic nitrogens is 4. The first-order chi connectivity index (χ1) is 16.1. The predicted octanol–water partition coefficient (Wildman–Crippen LogP) is 3.33. The Morgan fingerprint density at radius 1 is 0.939 bits per heavy atom. The molecule has 0 aliphatic carbocycles. The third-order valence-corrected chi connectivity index (χ3v) is 6.93. The van der Waals surface area contributed by atoms with Crippen LogP contribution in [0.5, 0.6) is 0 Å². The number of carbonyl (C=O) groups is 1. The van der Waals surface area contributed by atoms with Crippen LogP contribution in [0.3, 0.4) is 0 Å². The van der Waals surface area contributed by atoms with E-state index in [4.69, 9.17) is 11.6 Å². The van der Waals surface area contributed by atoms with Crippen LogP contribution in [0.1, 0.15) is 11.1 Å².